The average Bonchev–Trinajstić information content (AvgIpc) is 3.07. The van der Waals surface area contributed by atoms with Crippen molar-refractivity contribution in [2.75, 3.05) is 40.5 Å². The largest absolute Gasteiger partial charge is 0.454 e. The smallest absolute Gasteiger partial charge is 0.319 e. The Morgan fingerprint density at radius 2 is 1.92 bits per heavy atom. The maximum absolute atomic E-state index is 12.3. The summed E-state index contributed by atoms with van der Waals surface area (Å²) in [6, 6.07) is 5.25. The number of carbonyl (C=O) groups is 2. The summed E-state index contributed by atoms with van der Waals surface area (Å²) < 4.78 is 10.5. The van der Waals surface area contributed by atoms with Gasteiger partial charge < -0.3 is 24.6 Å². The first-order valence-electron chi connectivity index (χ1n) is 8.18. The molecule has 130 valence electrons. The number of urea groups is 1. The number of nitrogens with zero attached hydrogens (tertiary/aromatic N) is 2. The van der Waals surface area contributed by atoms with Gasteiger partial charge in [-0.2, -0.15) is 0 Å². The van der Waals surface area contributed by atoms with Gasteiger partial charge in [0, 0.05) is 39.3 Å². The van der Waals surface area contributed by atoms with Crippen LogP contribution in [-0.4, -0.2) is 62.3 Å². The van der Waals surface area contributed by atoms with Crippen molar-refractivity contribution in [1.82, 2.24) is 15.1 Å². The molecule has 1 fully saturated rings. The van der Waals surface area contributed by atoms with Gasteiger partial charge in [0.2, 0.25) is 6.79 Å². The summed E-state index contributed by atoms with van der Waals surface area (Å²) in [6.07, 6.45) is 1.81. The molecule has 2 heterocycles. The summed E-state index contributed by atoms with van der Waals surface area (Å²) in [5, 5.41) is 2.98. The number of likely N-dealkylation sites (tertiary alicyclic amines) is 1. The van der Waals surface area contributed by atoms with Gasteiger partial charge in [0.25, 0.3) is 5.91 Å². The minimum absolute atomic E-state index is 0.0536. The number of fused-ring (bicyclic) bond motifs is 1. The molecule has 0 aromatic heterocycles. The zero-order valence-electron chi connectivity index (χ0n) is 14.1. The highest BCUT2D eigenvalue weighted by Crippen LogP contribution is 2.32. The molecule has 1 aromatic carbocycles. The molecule has 3 amide bonds. The van der Waals surface area contributed by atoms with Gasteiger partial charge in [-0.05, 0) is 37.0 Å². The highest BCUT2D eigenvalue weighted by molar-refractivity contribution is 5.94. The first kappa shape index (κ1) is 16.4. The number of amides is 3. The monoisotopic (exact) mass is 333 g/mol. The third-order valence-corrected chi connectivity index (χ3v) is 4.45. The zero-order chi connectivity index (χ0) is 17.1. The lowest BCUT2D eigenvalue weighted by Crippen LogP contribution is -2.45. The summed E-state index contributed by atoms with van der Waals surface area (Å²) in [5.41, 5.74) is 0.569. The molecule has 3 rings (SSSR count). The Balaban J connectivity index is 1.47. The van der Waals surface area contributed by atoms with Crippen LogP contribution in [0.15, 0.2) is 18.2 Å². The van der Waals surface area contributed by atoms with Crippen molar-refractivity contribution in [2.45, 2.75) is 12.8 Å². The van der Waals surface area contributed by atoms with Gasteiger partial charge in [-0.1, -0.05) is 0 Å². The summed E-state index contributed by atoms with van der Waals surface area (Å²) in [5.74, 6) is 1.57. The van der Waals surface area contributed by atoms with Crippen LogP contribution in [0.1, 0.15) is 23.2 Å². The van der Waals surface area contributed by atoms with E-state index in [2.05, 4.69) is 5.32 Å². The van der Waals surface area contributed by atoms with E-state index in [0.717, 1.165) is 25.9 Å². The molecule has 0 aliphatic carbocycles. The summed E-state index contributed by atoms with van der Waals surface area (Å²) in [7, 11) is 3.53. The third-order valence-electron chi connectivity index (χ3n) is 4.45. The van der Waals surface area contributed by atoms with Crippen molar-refractivity contribution < 1.29 is 19.1 Å². The third kappa shape index (κ3) is 3.55. The molecule has 7 nitrogen and oxygen atoms in total. The molecule has 0 saturated carbocycles. The van der Waals surface area contributed by atoms with E-state index in [1.54, 1.807) is 37.2 Å². The molecule has 1 saturated heterocycles. The van der Waals surface area contributed by atoms with E-state index in [1.807, 2.05) is 4.90 Å². The van der Waals surface area contributed by atoms with Crippen LogP contribution in [-0.2, 0) is 0 Å². The number of carbonyl (C=O) groups excluding carboxylic acids is 2. The first-order chi connectivity index (χ1) is 11.5. The Kier molecular flexibility index (Phi) is 4.78. The number of benzene rings is 1. The molecular formula is C17H23N3O4. The van der Waals surface area contributed by atoms with Crippen molar-refractivity contribution in [3.8, 4) is 11.5 Å². The fraction of sp³-hybridized carbons (Fsp3) is 0.529. The lowest BCUT2D eigenvalue weighted by Gasteiger charge is -2.33. The Hall–Kier alpha value is -2.44. The van der Waals surface area contributed by atoms with Gasteiger partial charge in [0.15, 0.2) is 11.5 Å². The first-order valence-corrected chi connectivity index (χ1v) is 8.18. The maximum Gasteiger partial charge on any atom is 0.319 e. The molecule has 0 unspecified atom stereocenters. The Labute approximate surface area is 141 Å². The van der Waals surface area contributed by atoms with Crippen LogP contribution in [0.25, 0.3) is 0 Å². The molecular weight excluding hydrogens is 310 g/mol. The van der Waals surface area contributed by atoms with E-state index in [1.165, 1.54) is 0 Å². The number of piperidine rings is 1. The van der Waals surface area contributed by atoms with Gasteiger partial charge in [0.1, 0.15) is 0 Å². The van der Waals surface area contributed by atoms with Crippen LogP contribution in [0, 0.1) is 5.92 Å². The lowest BCUT2D eigenvalue weighted by atomic mass is 9.97. The van der Waals surface area contributed by atoms with Crippen LogP contribution in [0.4, 0.5) is 4.79 Å². The van der Waals surface area contributed by atoms with Crippen LogP contribution in [0.5, 0.6) is 11.5 Å². The highest BCUT2D eigenvalue weighted by atomic mass is 16.7. The molecule has 0 spiro atoms. The number of ether oxygens (including phenoxy) is 2. The van der Waals surface area contributed by atoms with Crippen LogP contribution in [0.2, 0.25) is 0 Å². The summed E-state index contributed by atoms with van der Waals surface area (Å²) >= 11 is 0. The molecule has 0 atom stereocenters. The summed E-state index contributed by atoms with van der Waals surface area (Å²) in [6.45, 7) is 2.30. The van der Waals surface area contributed by atoms with E-state index < -0.39 is 0 Å². The zero-order valence-corrected chi connectivity index (χ0v) is 14.1. The SMILES string of the molecule is CN(C)C(=O)N1CCC(CNC(=O)c2ccc3c(c2)OCO3)CC1. The number of rotatable bonds is 3. The second-order valence-electron chi connectivity index (χ2n) is 6.39. The standard InChI is InChI=1S/C17H23N3O4/c1-19(2)17(22)20-7-5-12(6-8-20)10-18-16(21)13-3-4-14-15(9-13)24-11-23-14/h3-4,9,12H,5-8,10-11H2,1-2H3,(H,18,21). The highest BCUT2D eigenvalue weighted by Gasteiger charge is 2.24. The topological polar surface area (TPSA) is 71.1 Å². The van der Waals surface area contributed by atoms with E-state index in [9.17, 15) is 9.59 Å². The molecule has 0 bridgehead atoms. The minimum atomic E-state index is -0.111. The molecule has 1 N–H and O–H groups in total. The fourth-order valence-electron chi connectivity index (χ4n) is 2.99. The molecule has 24 heavy (non-hydrogen) atoms. The lowest BCUT2D eigenvalue weighted by molar-refractivity contribution is 0.0935. The minimum Gasteiger partial charge on any atom is -0.454 e. The molecule has 7 heteroatoms. The number of nitrogens with one attached hydrogen (secondary N) is 1. The average molecular weight is 333 g/mol. The fourth-order valence-corrected chi connectivity index (χ4v) is 2.99. The second kappa shape index (κ2) is 6.98. The van der Waals surface area contributed by atoms with E-state index in [0.29, 0.717) is 29.5 Å². The quantitative estimate of drug-likeness (QED) is 0.911. The Morgan fingerprint density at radius 1 is 1.21 bits per heavy atom. The van der Waals surface area contributed by atoms with Crippen molar-refractivity contribution in [3.05, 3.63) is 23.8 Å². The molecule has 1 aromatic rings. The molecule has 2 aliphatic rings. The maximum atomic E-state index is 12.3. The molecule has 2 aliphatic heterocycles. The van der Waals surface area contributed by atoms with Gasteiger partial charge in [-0.15, -0.1) is 0 Å². The van der Waals surface area contributed by atoms with Gasteiger partial charge >= 0.3 is 6.03 Å². The normalized spacial score (nSPS) is 16.8. The van der Waals surface area contributed by atoms with Gasteiger partial charge in [0.05, 0.1) is 0 Å². The predicted octanol–water partition coefficient (Wildman–Crippen LogP) is 1.54. The van der Waals surface area contributed by atoms with E-state index >= 15 is 0 Å². The number of hydrogen-bond donors (Lipinski definition) is 1. The van der Waals surface area contributed by atoms with Crippen molar-refractivity contribution in [3.63, 3.8) is 0 Å². The predicted molar refractivity (Wildman–Crippen MR) is 88.3 cm³/mol. The van der Waals surface area contributed by atoms with Gasteiger partial charge in [-0.3, -0.25) is 4.79 Å². The Morgan fingerprint density at radius 3 is 2.62 bits per heavy atom. The van der Waals surface area contributed by atoms with Crippen molar-refractivity contribution >= 4 is 11.9 Å². The van der Waals surface area contributed by atoms with Crippen LogP contribution in [0.3, 0.4) is 0 Å². The van der Waals surface area contributed by atoms with Gasteiger partial charge in [-0.25, -0.2) is 4.79 Å². The Bertz CT molecular complexity index is 624. The van der Waals surface area contributed by atoms with Crippen molar-refractivity contribution in [1.29, 1.82) is 0 Å². The van der Waals surface area contributed by atoms with Crippen LogP contribution >= 0.6 is 0 Å². The second-order valence-corrected chi connectivity index (χ2v) is 6.39. The summed E-state index contributed by atoms with van der Waals surface area (Å²) in [4.78, 5) is 27.6. The molecule has 0 radical (unpaired) electrons. The van der Waals surface area contributed by atoms with E-state index in [4.69, 9.17) is 9.47 Å². The van der Waals surface area contributed by atoms with Crippen molar-refractivity contribution in [2.24, 2.45) is 5.92 Å². The van der Waals surface area contributed by atoms with E-state index in [-0.39, 0.29) is 18.7 Å². The van der Waals surface area contributed by atoms with Crippen LogP contribution < -0.4 is 14.8 Å². The number of hydrogen-bond acceptors (Lipinski definition) is 4.